The molecule has 0 N–H and O–H groups in total. The van der Waals surface area contributed by atoms with E-state index in [0.29, 0.717) is 11.6 Å². The molecule has 0 saturated heterocycles. The molecule has 0 amide bonds. The zero-order valence-electron chi connectivity index (χ0n) is 10.3. The molecular formula is C12H11ClF3N3. The highest BCUT2D eigenvalue weighted by Gasteiger charge is 2.30. The second-order valence-corrected chi connectivity index (χ2v) is 4.39. The minimum Gasteiger partial charge on any atom is -0.236 e. The molecule has 3 nitrogen and oxygen atoms in total. The van der Waals surface area contributed by atoms with Gasteiger partial charge in [-0.3, -0.25) is 0 Å². The lowest BCUT2D eigenvalue weighted by Gasteiger charge is -2.07. The van der Waals surface area contributed by atoms with Gasteiger partial charge in [0.15, 0.2) is 5.82 Å². The second-order valence-electron chi connectivity index (χ2n) is 4.03. The monoisotopic (exact) mass is 289 g/mol. The van der Waals surface area contributed by atoms with Crippen molar-refractivity contribution in [3.63, 3.8) is 0 Å². The Kier molecular flexibility index (Phi) is 3.54. The summed E-state index contributed by atoms with van der Waals surface area (Å²) in [6.45, 7) is 3.74. The third-order valence-electron chi connectivity index (χ3n) is 2.78. The average Bonchev–Trinajstić information content (AvgIpc) is 2.65. The first-order chi connectivity index (χ1) is 8.84. The topological polar surface area (TPSA) is 30.7 Å². The van der Waals surface area contributed by atoms with Gasteiger partial charge in [0.1, 0.15) is 5.15 Å². The van der Waals surface area contributed by atoms with Gasteiger partial charge in [-0.05, 0) is 25.5 Å². The number of hydrogen-bond acceptors (Lipinski definition) is 2. The van der Waals surface area contributed by atoms with Gasteiger partial charge in [0.05, 0.1) is 11.3 Å². The molecule has 0 bridgehead atoms. The highest BCUT2D eigenvalue weighted by molar-refractivity contribution is 6.30. The molecule has 0 aliphatic rings. The van der Waals surface area contributed by atoms with Crippen molar-refractivity contribution in [1.29, 1.82) is 0 Å². The first-order valence-electron chi connectivity index (χ1n) is 5.62. The van der Waals surface area contributed by atoms with Crippen LogP contribution >= 0.6 is 11.6 Å². The Labute approximate surface area is 113 Å². The molecule has 0 saturated carbocycles. The van der Waals surface area contributed by atoms with Crippen molar-refractivity contribution in [1.82, 2.24) is 14.8 Å². The Morgan fingerprint density at radius 3 is 2.42 bits per heavy atom. The average molecular weight is 290 g/mol. The zero-order valence-corrected chi connectivity index (χ0v) is 11.0. The largest absolute Gasteiger partial charge is 0.417 e. The highest BCUT2D eigenvalue weighted by atomic mass is 35.5. The Morgan fingerprint density at radius 1 is 1.32 bits per heavy atom. The fourth-order valence-corrected chi connectivity index (χ4v) is 1.92. The second kappa shape index (κ2) is 4.85. The predicted octanol–water partition coefficient (Wildman–Crippen LogP) is 3.81. The summed E-state index contributed by atoms with van der Waals surface area (Å²) in [6, 6.07) is 2.21. The molecule has 2 aromatic heterocycles. The van der Waals surface area contributed by atoms with E-state index in [1.165, 1.54) is 10.7 Å². The van der Waals surface area contributed by atoms with Crippen molar-refractivity contribution in [3.8, 4) is 5.82 Å². The van der Waals surface area contributed by atoms with E-state index >= 15 is 0 Å². The quantitative estimate of drug-likeness (QED) is 0.841. The van der Waals surface area contributed by atoms with Gasteiger partial charge >= 0.3 is 6.18 Å². The molecule has 7 heteroatoms. The Morgan fingerprint density at radius 2 is 2.00 bits per heavy atom. The normalized spacial score (nSPS) is 11.9. The smallest absolute Gasteiger partial charge is 0.236 e. The maximum Gasteiger partial charge on any atom is 0.417 e. The van der Waals surface area contributed by atoms with Crippen LogP contribution in [-0.2, 0) is 12.6 Å². The molecule has 0 spiro atoms. The van der Waals surface area contributed by atoms with Crippen molar-refractivity contribution < 1.29 is 13.2 Å². The van der Waals surface area contributed by atoms with Gasteiger partial charge in [0, 0.05) is 11.8 Å². The van der Waals surface area contributed by atoms with E-state index in [1.54, 1.807) is 0 Å². The number of nitrogens with zero attached hydrogens (tertiary/aromatic N) is 3. The Balaban J connectivity index is 2.43. The van der Waals surface area contributed by atoms with Gasteiger partial charge in [0.25, 0.3) is 0 Å². The summed E-state index contributed by atoms with van der Waals surface area (Å²) in [4.78, 5) is 3.76. The number of pyridine rings is 1. The first-order valence-corrected chi connectivity index (χ1v) is 6.00. The van der Waals surface area contributed by atoms with E-state index in [4.69, 9.17) is 11.6 Å². The number of alkyl halides is 3. The lowest BCUT2D eigenvalue weighted by Crippen LogP contribution is -2.07. The maximum atomic E-state index is 12.4. The summed E-state index contributed by atoms with van der Waals surface area (Å²) in [6.07, 6.45) is -2.93. The van der Waals surface area contributed by atoms with Gasteiger partial charge in [-0.15, -0.1) is 0 Å². The summed E-state index contributed by atoms with van der Waals surface area (Å²) >= 11 is 6.10. The molecule has 0 unspecified atom stereocenters. The van der Waals surface area contributed by atoms with Crippen molar-refractivity contribution in [2.75, 3.05) is 0 Å². The summed E-state index contributed by atoms with van der Waals surface area (Å²) < 4.78 is 38.7. The van der Waals surface area contributed by atoms with Crippen molar-refractivity contribution in [3.05, 3.63) is 40.3 Å². The molecule has 0 fully saturated rings. The fraction of sp³-hybridized carbons (Fsp3) is 0.333. The Hall–Kier alpha value is -1.56. The standard InChI is InChI=1S/C12H11ClF3N3/c1-3-9-7(2)11(13)19(18-9)10-5-4-8(6-17-10)12(14,15)16/h4-6H,3H2,1-2H3. The van der Waals surface area contributed by atoms with Crippen LogP contribution in [0.25, 0.3) is 5.82 Å². The van der Waals surface area contributed by atoms with Crippen LogP contribution in [0.4, 0.5) is 13.2 Å². The summed E-state index contributed by atoms with van der Waals surface area (Å²) in [5.41, 5.74) is 0.810. The zero-order chi connectivity index (χ0) is 14.2. The van der Waals surface area contributed by atoms with Crippen LogP contribution in [0.5, 0.6) is 0 Å². The number of hydrogen-bond donors (Lipinski definition) is 0. The first kappa shape index (κ1) is 13.9. The third kappa shape index (κ3) is 2.58. The van der Waals surface area contributed by atoms with Crippen LogP contribution in [-0.4, -0.2) is 14.8 Å². The van der Waals surface area contributed by atoms with Crippen LogP contribution in [0.2, 0.25) is 5.15 Å². The lowest BCUT2D eigenvalue weighted by molar-refractivity contribution is -0.137. The van der Waals surface area contributed by atoms with Crippen LogP contribution in [0.3, 0.4) is 0 Å². The molecule has 2 aromatic rings. The van der Waals surface area contributed by atoms with Gasteiger partial charge in [-0.25, -0.2) is 9.67 Å². The molecule has 0 atom stereocenters. The number of rotatable bonds is 2. The number of halogens is 4. The number of aromatic nitrogens is 3. The summed E-state index contributed by atoms with van der Waals surface area (Å²) in [5.74, 6) is 0.265. The van der Waals surface area contributed by atoms with Gasteiger partial charge < -0.3 is 0 Å². The molecule has 0 aliphatic carbocycles. The number of aryl methyl sites for hydroxylation is 1. The lowest BCUT2D eigenvalue weighted by atomic mass is 10.2. The van der Waals surface area contributed by atoms with Crippen molar-refractivity contribution >= 4 is 11.6 Å². The van der Waals surface area contributed by atoms with Crippen LogP contribution < -0.4 is 0 Å². The van der Waals surface area contributed by atoms with Gasteiger partial charge in [-0.2, -0.15) is 18.3 Å². The van der Waals surface area contributed by atoms with Crippen LogP contribution in [0.1, 0.15) is 23.7 Å². The highest BCUT2D eigenvalue weighted by Crippen LogP contribution is 2.29. The predicted molar refractivity (Wildman–Crippen MR) is 65.5 cm³/mol. The summed E-state index contributed by atoms with van der Waals surface area (Å²) in [5, 5.41) is 4.60. The van der Waals surface area contributed by atoms with Crippen LogP contribution in [0.15, 0.2) is 18.3 Å². The SMILES string of the molecule is CCc1nn(-c2ccc(C(F)(F)F)cn2)c(Cl)c1C. The van der Waals surface area contributed by atoms with E-state index in [0.717, 1.165) is 23.5 Å². The summed E-state index contributed by atoms with van der Waals surface area (Å²) in [7, 11) is 0. The minimum atomic E-state index is -4.40. The molecule has 0 radical (unpaired) electrons. The molecule has 0 aromatic carbocycles. The molecule has 19 heavy (non-hydrogen) atoms. The minimum absolute atomic E-state index is 0.265. The van der Waals surface area contributed by atoms with E-state index in [9.17, 15) is 13.2 Å². The molecule has 2 heterocycles. The molecule has 0 aliphatic heterocycles. The van der Waals surface area contributed by atoms with E-state index in [-0.39, 0.29) is 5.82 Å². The third-order valence-corrected chi connectivity index (χ3v) is 3.22. The van der Waals surface area contributed by atoms with Crippen molar-refractivity contribution in [2.24, 2.45) is 0 Å². The van der Waals surface area contributed by atoms with E-state index in [1.807, 2.05) is 13.8 Å². The Bertz CT molecular complexity index is 588. The molecule has 2 rings (SSSR count). The van der Waals surface area contributed by atoms with Gasteiger partial charge in [-0.1, -0.05) is 18.5 Å². The van der Waals surface area contributed by atoms with Gasteiger partial charge in [0.2, 0.25) is 0 Å². The van der Waals surface area contributed by atoms with Crippen LogP contribution in [0, 0.1) is 6.92 Å². The maximum absolute atomic E-state index is 12.4. The molecule has 102 valence electrons. The van der Waals surface area contributed by atoms with E-state index < -0.39 is 11.7 Å². The van der Waals surface area contributed by atoms with Crippen molar-refractivity contribution in [2.45, 2.75) is 26.4 Å². The fourth-order valence-electron chi connectivity index (χ4n) is 1.68. The van der Waals surface area contributed by atoms with E-state index in [2.05, 4.69) is 10.1 Å². The molecular weight excluding hydrogens is 279 g/mol.